The van der Waals surface area contributed by atoms with E-state index in [1.807, 2.05) is 51.1 Å². The Labute approximate surface area is 177 Å². The second-order valence-electron chi connectivity index (χ2n) is 7.65. The molecule has 0 fully saturated rings. The molecule has 6 nitrogen and oxygen atoms in total. The minimum Gasteiger partial charge on any atom is -0.482 e. The number of rotatable bonds is 7. The molecule has 1 N–H and O–H groups in total. The van der Waals surface area contributed by atoms with E-state index in [2.05, 4.69) is 16.4 Å². The summed E-state index contributed by atoms with van der Waals surface area (Å²) < 4.78 is 6.27. The molecule has 2 amide bonds. The third kappa shape index (κ3) is 5.14. The van der Waals surface area contributed by atoms with E-state index in [0.717, 1.165) is 34.4 Å². The van der Waals surface area contributed by atoms with Crippen LogP contribution in [-0.2, 0) is 16.0 Å². The summed E-state index contributed by atoms with van der Waals surface area (Å²) in [5, 5.41) is 2.96. The van der Waals surface area contributed by atoms with Gasteiger partial charge in [-0.1, -0.05) is 17.7 Å². The first kappa shape index (κ1) is 21.3. The molecule has 0 radical (unpaired) electrons. The van der Waals surface area contributed by atoms with Crippen LogP contribution >= 0.6 is 0 Å². The molecule has 6 heteroatoms. The molecule has 2 aromatic rings. The number of nitrogens with zero attached hydrogens (tertiary/aromatic N) is 2. The lowest BCUT2D eigenvalue weighted by Gasteiger charge is -2.24. The summed E-state index contributed by atoms with van der Waals surface area (Å²) >= 11 is 0. The Morgan fingerprint density at radius 2 is 2.07 bits per heavy atom. The molecule has 2 heterocycles. The maximum Gasteiger partial charge on any atom is 0.224 e. The van der Waals surface area contributed by atoms with Gasteiger partial charge in [-0.15, -0.1) is 0 Å². The number of carbonyl (C=O) groups is 2. The van der Waals surface area contributed by atoms with Crippen molar-refractivity contribution in [2.75, 3.05) is 12.4 Å². The number of pyridine rings is 1. The van der Waals surface area contributed by atoms with Gasteiger partial charge in [0.1, 0.15) is 11.9 Å². The molecule has 0 saturated heterocycles. The van der Waals surface area contributed by atoms with Crippen molar-refractivity contribution in [2.24, 2.45) is 0 Å². The molecule has 1 atom stereocenters. The van der Waals surface area contributed by atoms with Crippen LogP contribution in [-0.4, -0.2) is 29.2 Å². The van der Waals surface area contributed by atoms with E-state index in [4.69, 9.17) is 4.74 Å². The van der Waals surface area contributed by atoms with Gasteiger partial charge in [-0.2, -0.15) is 0 Å². The van der Waals surface area contributed by atoms with Crippen LogP contribution in [0, 0.1) is 0 Å². The number of allylic oxidation sites excluding steroid dienone is 3. The largest absolute Gasteiger partial charge is 0.482 e. The Balaban J connectivity index is 2.08. The highest BCUT2D eigenvalue weighted by atomic mass is 16.5. The smallest absolute Gasteiger partial charge is 0.224 e. The molecular formula is C24H27N3O3. The number of carbonyl (C=O) groups excluding carboxylic acids is 2. The highest BCUT2D eigenvalue weighted by Gasteiger charge is 2.22. The van der Waals surface area contributed by atoms with Crippen molar-refractivity contribution in [3.63, 3.8) is 0 Å². The number of nitrogens with one attached hydrogen (secondary N) is 1. The third-order valence-electron chi connectivity index (χ3n) is 4.76. The minimum atomic E-state index is -0.294. The Morgan fingerprint density at radius 3 is 2.73 bits per heavy atom. The first-order valence-corrected chi connectivity index (χ1v) is 9.96. The number of fused-ring (bicyclic) bond motifs is 1. The second kappa shape index (κ2) is 9.39. The molecule has 0 aliphatic carbocycles. The van der Waals surface area contributed by atoms with E-state index < -0.39 is 0 Å². The predicted octanol–water partition coefficient (Wildman–Crippen LogP) is 4.50. The summed E-state index contributed by atoms with van der Waals surface area (Å²) in [5.41, 5.74) is 5.44. The van der Waals surface area contributed by atoms with Crippen LogP contribution in [0.1, 0.15) is 50.1 Å². The Hall–Kier alpha value is -3.41. The summed E-state index contributed by atoms with van der Waals surface area (Å²) in [6.07, 6.45) is 7.07. The molecule has 1 aromatic carbocycles. The lowest BCUT2D eigenvalue weighted by molar-refractivity contribution is -0.116. The van der Waals surface area contributed by atoms with Crippen molar-refractivity contribution < 1.29 is 14.3 Å². The molecule has 0 bridgehead atoms. The quantitative estimate of drug-likeness (QED) is 0.544. The van der Waals surface area contributed by atoms with Gasteiger partial charge in [-0.3, -0.25) is 14.6 Å². The molecule has 30 heavy (non-hydrogen) atoms. The lowest BCUT2D eigenvalue weighted by atomic mass is 9.95. The van der Waals surface area contributed by atoms with Crippen LogP contribution in [0.25, 0.3) is 5.57 Å². The highest BCUT2D eigenvalue weighted by Crippen LogP contribution is 2.38. The van der Waals surface area contributed by atoms with Crippen LogP contribution in [0.2, 0.25) is 0 Å². The van der Waals surface area contributed by atoms with Crippen molar-refractivity contribution in [3.8, 4) is 5.75 Å². The first-order valence-electron chi connectivity index (χ1n) is 9.96. The average Bonchev–Trinajstić information content (AvgIpc) is 2.73. The van der Waals surface area contributed by atoms with Crippen molar-refractivity contribution >= 4 is 23.6 Å². The number of amides is 2. The fraction of sp³-hybridized carbons (Fsp3) is 0.292. The minimum absolute atomic E-state index is 0.0219. The maximum absolute atomic E-state index is 12.0. The SMILES string of the molecule is CC(C)=C/C(=C\N(C)C=O)c1cc2c(c(OC(C)c3ccccn3)c1)NC(=O)CC2. The van der Waals surface area contributed by atoms with Crippen LogP contribution in [0.15, 0.2) is 54.4 Å². The standard InChI is InChI=1S/C24H27N3O3/c1-16(2)11-20(14-27(4)15-28)19-12-18-8-9-23(29)26-24(18)22(13-19)30-17(3)21-7-5-6-10-25-21/h5-7,10-15,17H,8-9H2,1-4H3,(H,26,29)/b20-14+. The number of hydrogen-bond donors (Lipinski definition) is 1. The molecule has 3 rings (SSSR count). The summed E-state index contributed by atoms with van der Waals surface area (Å²) in [4.78, 5) is 29.1. The van der Waals surface area contributed by atoms with Crippen molar-refractivity contribution in [2.45, 2.75) is 39.7 Å². The van der Waals surface area contributed by atoms with Crippen molar-refractivity contribution in [1.29, 1.82) is 0 Å². The normalized spacial score (nSPS) is 14.3. The second-order valence-corrected chi connectivity index (χ2v) is 7.65. The van der Waals surface area contributed by atoms with E-state index in [1.54, 1.807) is 19.4 Å². The molecule has 1 aliphatic rings. The zero-order valence-corrected chi connectivity index (χ0v) is 17.8. The van der Waals surface area contributed by atoms with Gasteiger partial charge < -0.3 is 15.0 Å². The number of benzene rings is 1. The van der Waals surface area contributed by atoms with E-state index in [9.17, 15) is 9.59 Å². The Kier molecular flexibility index (Phi) is 6.67. The summed E-state index contributed by atoms with van der Waals surface area (Å²) in [6, 6.07) is 9.65. The van der Waals surface area contributed by atoms with E-state index in [0.29, 0.717) is 24.3 Å². The number of anilines is 1. The number of aromatic nitrogens is 1. The number of aryl methyl sites for hydroxylation is 1. The highest BCUT2D eigenvalue weighted by molar-refractivity contribution is 5.96. The zero-order chi connectivity index (χ0) is 21.7. The van der Waals surface area contributed by atoms with Crippen molar-refractivity contribution in [3.05, 3.63) is 71.2 Å². The molecule has 1 aromatic heterocycles. The zero-order valence-electron chi connectivity index (χ0n) is 17.8. The number of hydrogen-bond acceptors (Lipinski definition) is 4. The van der Waals surface area contributed by atoms with E-state index in [1.165, 1.54) is 4.90 Å². The Morgan fingerprint density at radius 1 is 1.27 bits per heavy atom. The average molecular weight is 405 g/mol. The van der Waals surface area contributed by atoms with Gasteiger partial charge in [0.05, 0.1) is 11.4 Å². The van der Waals surface area contributed by atoms with Crippen LogP contribution in [0.4, 0.5) is 5.69 Å². The van der Waals surface area contributed by atoms with Crippen molar-refractivity contribution in [1.82, 2.24) is 9.88 Å². The van der Waals surface area contributed by atoms with Gasteiger partial charge >= 0.3 is 0 Å². The third-order valence-corrected chi connectivity index (χ3v) is 4.76. The van der Waals surface area contributed by atoms with Gasteiger partial charge in [0, 0.05) is 25.9 Å². The molecule has 0 saturated carbocycles. The van der Waals surface area contributed by atoms with Crippen LogP contribution < -0.4 is 10.1 Å². The molecule has 0 spiro atoms. The van der Waals surface area contributed by atoms with Crippen LogP contribution in [0.5, 0.6) is 5.75 Å². The topological polar surface area (TPSA) is 71.5 Å². The van der Waals surface area contributed by atoms with Gasteiger partial charge in [0.15, 0.2) is 0 Å². The van der Waals surface area contributed by atoms with E-state index >= 15 is 0 Å². The fourth-order valence-electron chi connectivity index (χ4n) is 3.35. The predicted molar refractivity (Wildman–Crippen MR) is 118 cm³/mol. The monoisotopic (exact) mass is 405 g/mol. The van der Waals surface area contributed by atoms with Gasteiger partial charge in [-0.25, -0.2) is 0 Å². The molecule has 1 aliphatic heterocycles. The van der Waals surface area contributed by atoms with Crippen LogP contribution in [0.3, 0.4) is 0 Å². The van der Waals surface area contributed by atoms with Gasteiger partial charge in [0.25, 0.3) is 0 Å². The molecule has 1 unspecified atom stereocenters. The maximum atomic E-state index is 12.0. The van der Waals surface area contributed by atoms with E-state index in [-0.39, 0.29) is 12.0 Å². The first-order chi connectivity index (χ1) is 14.4. The summed E-state index contributed by atoms with van der Waals surface area (Å²) in [6.45, 7) is 5.95. The lowest BCUT2D eigenvalue weighted by Crippen LogP contribution is -2.20. The van der Waals surface area contributed by atoms with Gasteiger partial charge in [-0.05, 0) is 68.2 Å². The Bertz CT molecular complexity index is 992. The molecule has 156 valence electrons. The summed E-state index contributed by atoms with van der Waals surface area (Å²) in [5.74, 6) is 0.571. The fourth-order valence-corrected chi connectivity index (χ4v) is 3.35. The summed E-state index contributed by atoms with van der Waals surface area (Å²) in [7, 11) is 1.70. The molecular weight excluding hydrogens is 378 g/mol. The van der Waals surface area contributed by atoms with Gasteiger partial charge in [0.2, 0.25) is 12.3 Å². The number of ether oxygens (including phenoxy) is 1.